The van der Waals surface area contributed by atoms with E-state index in [4.69, 9.17) is 4.74 Å². The number of nitrogens with zero attached hydrogens (tertiary/aromatic N) is 1. The zero-order valence-electron chi connectivity index (χ0n) is 15.0. The molecule has 6 nitrogen and oxygen atoms in total. The molecule has 0 spiro atoms. The molecule has 0 aliphatic carbocycles. The van der Waals surface area contributed by atoms with Crippen molar-refractivity contribution in [3.05, 3.63) is 35.4 Å². The summed E-state index contributed by atoms with van der Waals surface area (Å²) in [6.07, 6.45) is 3.01. The molecule has 0 aliphatic heterocycles. The fourth-order valence-electron chi connectivity index (χ4n) is 2.08. The van der Waals surface area contributed by atoms with Gasteiger partial charge >= 0.3 is 0 Å². The van der Waals surface area contributed by atoms with Crippen LogP contribution < -0.4 is 16.0 Å². The van der Waals surface area contributed by atoms with Crippen LogP contribution in [0.2, 0.25) is 0 Å². The highest BCUT2D eigenvalue weighted by Gasteiger charge is 2.04. The number of hydrogen-bond acceptors (Lipinski definition) is 3. The first-order valence-electron chi connectivity index (χ1n) is 8.51. The van der Waals surface area contributed by atoms with Gasteiger partial charge in [-0.25, -0.2) is 0 Å². The zero-order valence-corrected chi connectivity index (χ0v) is 15.0. The molecule has 0 aliphatic rings. The maximum atomic E-state index is 11.9. The second-order valence-corrected chi connectivity index (χ2v) is 5.51. The van der Waals surface area contributed by atoms with Crippen LogP contribution >= 0.6 is 0 Å². The average Bonchev–Trinajstić information content (AvgIpc) is 2.61. The summed E-state index contributed by atoms with van der Waals surface area (Å²) in [6.45, 7) is 5.02. The smallest absolute Gasteiger partial charge is 0.251 e. The summed E-state index contributed by atoms with van der Waals surface area (Å²) in [5.74, 6) is 0.742. The van der Waals surface area contributed by atoms with E-state index in [-0.39, 0.29) is 5.91 Å². The van der Waals surface area contributed by atoms with Crippen molar-refractivity contribution in [1.82, 2.24) is 16.0 Å². The average molecular weight is 334 g/mol. The summed E-state index contributed by atoms with van der Waals surface area (Å²) < 4.78 is 5.01. The van der Waals surface area contributed by atoms with Crippen LogP contribution in [0.25, 0.3) is 0 Å². The number of unbranched alkanes of at least 4 members (excludes halogenated alkanes) is 1. The molecule has 0 heterocycles. The van der Waals surface area contributed by atoms with Gasteiger partial charge in [-0.2, -0.15) is 0 Å². The van der Waals surface area contributed by atoms with Gasteiger partial charge in [-0.15, -0.1) is 0 Å². The SMILES string of the molecule is CCCCNC(=O)c1ccc(CNC(=NC)NCCCOC)cc1. The number of carbonyl (C=O) groups is 1. The van der Waals surface area contributed by atoms with Crippen molar-refractivity contribution < 1.29 is 9.53 Å². The molecule has 24 heavy (non-hydrogen) atoms. The number of nitrogens with one attached hydrogen (secondary N) is 3. The first-order chi connectivity index (χ1) is 11.7. The van der Waals surface area contributed by atoms with Gasteiger partial charge in [-0.05, 0) is 30.5 Å². The second-order valence-electron chi connectivity index (χ2n) is 5.51. The first kappa shape index (κ1) is 20.0. The maximum absolute atomic E-state index is 11.9. The molecule has 0 atom stereocenters. The summed E-state index contributed by atoms with van der Waals surface area (Å²) in [7, 11) is 3.44. The molecule has 134 valence electrons. The van der Waals surface area contributed by atoms with Crippen LogP contribution in [0.5, 0.6) is 0 Å². The van der Waals surface area contributed by atoms with Crippen molar-refractivity contribution in [2.45, 2.75) is 32.7 Å². The number of ether oxygens (including phenoxy) is 1. The van der Waals surface area contributed by atoms with E-state index in [2.05, 4.69) is 27.9 Å². The summed E-state index contributed by atoms with van der Waals surface area (Å²) in [5.41, 5.74) is 1.79. The Labute approximate surface area is 145 Å². The number of carbonyl (C=O) groups excluding carboxylic acids is 1. The molecule has 1 aromatic carbocycles. The Morgan fingerprint density at radius 2 is 1.79 bits per heavy atom. The molecule has 0 saturated heterocycles. The summed E-state index contributed by atoms with van der Waals surface area (Å²) >= 11 is 0. The fourth-order valence-corrected chi connectivity index (χ4v) is 2.08. The van der Waals surface area contributed by atoms with Gasteiger partial charge < -0.3 is 20.7 Å². The summed E-state index contributed by atoms with van der Waals surface area (Å²) in [4.78, 5) is 16.1. The Morgan fingerprint density at radius 3 is 2.42 bits per heavy atom. The standard InChI is InChI=1S/C18H30N4O2/c1-4-5-11-20-17(23)16-9-7-15(8-10-16)14-22-18(19-2)21-12-6-13-24-3/h7-10H,4-6,11-14H2,1-3H3,(H,20,23)(H2,19,21,22). The molecule has 3 N–H and O–H groups in total. The van der Waals surface area contributed by atoms with Crippen LogP contribution in [0.1, 0.15) is 42.1 Å². The van der Waals surface area contributed by atoms with Crippen LogP contribution in [0.3, 0.4) is 0 Å². The van der Waals surface area contributed by atoms with Gasteiger partial charge in [-0.1, -0.05) is 25.5 Å². The molecule has 1 rings (SSSR count). The monoisotopic (exact) mass is 334 g/mol. The Kier molecular flexibility index (Phi) is 10.3. The maximum Gasteiger partial charge on any atom is 0.251 e. The zero-order chi connectivity index (χ0) is 17.6. The predicted octanol–water partition coefficient (Wildman–Crippen LogP) is 1.92. The number of amides is 1. The Hall–Kier alpha value is -2.08. The number of aliphatic imine (C=N–C) groups is 1. The highest BCUT2D eigenvalue weighted by molar-refractivity contribution is 5.94. The van der Waals surface area contributed by atoms with Gasteiger partial charge in [-0.3, -0.25) is 9.79 Å². The number of hydrogen-bond donors (Lipinski definition) is 3. The Bertz CT molecular complexity index is 500. The van der Waals surface area contributed by atoms with Gasteiger partial charge in [0.25, 0.3) is 5.91 Å². The summed E-state index contributed by atoms with van der Waals surface area (Å²) in [6, 6.07) is 7.63. The second kappa shape index (κ2) is 12.4. The molecule has 0 unspecified atom stereocenters. The third kappa shape index (κ3) is 7.97. The van der Waals surface area contributed by atoms with Crippen molar-refractivity contribution in [3.63, 3.8) is 0 Å². The third-order valence-corrected chi connectivity index (χ3v) is 3.53. The quantitative estimate of drug-likeness (QED) is 0.347. The lowest BCUT2D eigenvalue weighted by atomic mass is 10.1. The number of benzene rings is 1. The lowest BCUT2D eigenvalue weighted by Crippen LogP contribution is -2.37. The third-order valence-electron chi connectivity index (χ3n) is 3.53. The van der Waals surface area contributed by atoms with Crippen molar-refractivity contribution in [3.8, 4) is 0 Å². The van der Waals surface area contributed by atoms with E-state index >= 15 is 0 Å². The number of methoxy groups -OCH3 is 1. The molecule has 6 heteroatoms. The molecular formula is C18H30N4O2. The highest BCUT2D eigenvalue weighted by Crippen LogP contribution is 2.04. The van der Waals surface area contributed by atoms with E-state index < -0.39 is 0 Å². The molecule has 0 fully saturated rings. The van der Waals surface area contributed by atoms with E-state index in [1.165, 1.54) is 0 Å². The number of rotatable bonds is 10. The minimum absolute atomic E-state index is 0.0152. The van der Waals surface area contributed by atoms with Crippen LogP contribution in [0.15, 0.2) is 29.3 Å². The van der Waals surface area contributed by atoms with Gasteiger partial charge in [0, 0.05) is 46.0 Å². The lowest BCUT2D eigenvalue weighted by Gasteiger charge is -2.12. The molecule has 1 amide bonds. The summed E-state index contributed by atoms with van der Waals surface area (Å²) in [5, 5.41) is 9.40. The number of guanidine groups is 1. The first-order valence-corrected chi connectivity index (χ1v) is 8.51. The Balaban J connectivity index is 2.39. The van der Waals surface area contributed by atoms with Gasteiger partial charge in [0.2, 0.25) is 0 Å². The van der Waals surface area contributed by atoms with Gasteiger partial charge in [0.1, 0.15) is 0 Å². The van der Waals surface area contributed by atoms with Crippen molar-refractivity contribution in [1.29, 1.82) is 0 Å². The van der Waals surface area contributed by atoms with Crippen LogP contribution in [0, 0.1) is 0 Å². The van der Waals surface area contributed by atoms with Crippen molar-refractivity contribution >= 4 is 11.9 Å². The predicted molar refractivity (Wildman–Crippen MR) is 98.4 cm³/mol. The van der Waals surface area contributed by atoms with Crippen LogP contribution in [-0.4, -0.2) is 45.7 Å². The Morgan fingerprint density at radius 1 is 1.08 bits per heavy atom. The van der Waals surface area contributed by atoms with Crippen molar-refractivity contribution in [2.75, 3.05) is 33.9 Å². The van der Waals surface area contributed by atoms with E-state index in [9.17, 15) is 4.79 Å². The van der Waals surface area contributed by atoms with E-state index in [1.54, 1.807) is 14.2 Å². The fraction of sp³-hybridized carbons (Fsp3) is 0.556. The van der Waals surface area contributed by atoms with E-state index in [1.807, 2.05) is 24.3 Å². The van der Waals surface area contributed by atoms with Crippen LogP contribution in [0.4, 0.5) is 0 Å². The van der Waals surface area contributed by atoms with E-state index in [0.29, 0.717) is 12.1 Å². The molecule has 0 saturated carbocycles. The molecule has 1 aromatic rings. The molecular weight excluding hydrogens is 304 g/mol. The molecule has 0 bridgehead atoms. The largest absolute Gasteiger partial charge is 0.385 e. The van der Waals surface area contributed by atoms with Gasteiger partial charge in [0.05, 0.1) is 0 Å². The van der Waals surface area contributed by atoms with Crippen LogP contribution in [-0.2, 0) is 11.3 Å². The normalized spacial score (nSPS) is 11.2. The highest BCUT2D eigenvalue weighted by atomic mass is 16.5. The van der Waals surface area contributed by atoms with E-state index in [0.717, 1.165) is 50.5 Å². The minimum atomic E-state index is -0.0152. The lowest BCUT2D eigenvalue weighted by molar-refractivity contribution is 0.0953. The van der Waals surface area contributed by atoms with Gasteiger partial charge in [0.15, 0.2) is 5.96 Å². The molecule has 0 aromatic heterocycles. The topological polar surface area (TPSA) is 74.8 Å². The minimum Gasteiger partial charge on any atom is -0.385 e. The molecule has 0 radical (unpaired) electrons. The van der Waals surface area contributed by atoms with Crippen molar-refractivity contribution in [2.24, 2.45) is 4.99 Å².